The Hall–Kier alpha value is -0.240. The van der Waals surface area contributed by atoms with Gasteiger partial charge in [0.2, 0.25) is 0 Å². The highest BCUT2D eigenvalue weighted by Crippen LogP contribution is 1.97. The Morgan fingerprint density at radius 1 is 1.70 bits per heavy atom. The van der Waals surface area contributed by atoms with Gasteiger partial charge in [0.05, 0.1) is 6.61 Å². The van der Waals surface area contributed by atoms with Gasteiger partial charge in [0, 0.05) is 0 Å². The Bertz CT molecular complexity index is 102. The summed E-state index contributed by atoms with van der Waals surface area (Å²) in [5.74, 6) is -0.324. The van der Waals surface area contributed by atoms with Crippen LogP contribution in [0, 0.1) is 0 Å². The number of hydrogen-bond acceptors (Lipinski definition) is 2. The van der Waals surface area contributed by atoms with E-state index in [9.17, 15) is 4.79 Å². The minimum Gasteiger partial charge on any atom is -0.465 e. The molecular formula is C7H13ClO2. The van der Waals surface area contributed by atoms with Crippen molar-refractivity contribution in [1.82, 2.24) is 0 Å². The highest BCUT2D eigenvalue weighted by atomic mass is 35.5. The molecule has 0 aliphatic carbocycles. The van der Waals surface area contributed by atoms with E-state index in [1.807, 2.05) is 6.92 Å². The van der Waals surface area contributed by atoms with Gasteiger partial charge in [-0.2, -0.15) is 0 Å². The molecule has 0 bridgehead atoms. The van der Waals surface area contributed by atoms with Gasteiger partial charge in [-0.15, -0.1) is 11.6 Å². The molecule has 0 rings (SSSR count). The summed E-state index contributed by atoms with van der Waals surface area (Å²) in [6, 6.07) is 0. The molecule has 1 atom stereocenters. The van der Waals surface area contributed by atoms with Crippen molar-refractivity contribution in [3.8, 4) is 0 Å². The van der Waals surface area contributed by atoms with E-state index in [0.717, 1.165) is 12.8 Å². The van der Waals surface area contributed by atoms with Crippen LogP contribution in [0.25, 0.3) is 0 Å². The number of carbonyl (C=O) groups is 1. The van der Waals surface area contributed by atoms with Gasteiger partial charge in [-0.05, 0) is 13.3 Å². The number of rotatable bonds is 4. The molecule has 0 aromatic heterocycles. The molecule has 0 N–H and O–H groups in total. The molecule has 0 aromatic carbocycles. The molecular weight excluding hydrogens is 152 g/mol. The molecule has 0 unspecified atom stereocenters. The summed E-state index contributed by atoms with van der Waals surface area (Å²) in [5.41, 5.74) is 0. The number of halogens is 1. The fourth-order valence-corrected chi connectivity index (χ4v) is 0.495. The van der Waals surface area contributed by atoms with Gasteiger partial charge in [0.15, 0.2) is 0 Å². The molecule has 0 saturated heterocycles. The van der Waals surface area contributed by atoms with Crippen molar-refractivity contribution in [1.29, 1.82) is 0 Å². The molecule has 0 fully saturated rings. The maximum absolute atomic E-state index is 10.7. The lowest BCUT2D eigenvalue weighted by molar-refractivity contribution is -0.142. The van der Waals surface area contributed by atoms with Gasteiger partial charge in [-0.3, -0.25) is 4.79 Å². The van der Waals surface area contributed by atoms with Crippen molar-refractivity contribution in [2.75, 3.05) is 6.61 Å². The minimum atomic E-state index is -0.517. The van der Waals surface area contributed by atoms with Crippen LogP contribution in [0.5, 0.6) is 0 Å². The molecule has 2 nitrogen and oxygen atoms in total. The number of esters is 1. The maximum atomic E-state index is 10.7. The molecule has 0 aromatic rings. The van der Waals surface area contributed by atoms with Gasteiger partial charge in [0.1, 0.15) is 5.38 Å². The van der Waals surface area contributed by atoms with Gasteiger partial charge in [-0.1, -0.05) is 13.3 Å². The van der Waals surface area contributed by atoms with Crippen LogP contribution in [0.1, 0.15) is 26.7 Å². The summed E-state index contributed by atoms with van der Waals surface area (Å²) in [7, 11) is 0. The Labute approximate surface area is 66.5 Å². The zero-order valence-corrected chi connectivity index (χ0v) is 7.15. The third-order valence-corrected chi connectivity index (χ3v) is 1.25. The predicted molar refractivity (Wildman–Crippen MR) is 41.2 cm³/mol. The summed E-state index contributed by atoms with van der Waals surface area (Å²) in [6.07, 6.45) is 1.94. The average Bonchev–Trinajstić information content (AvgIpc) is 1.88. The van der Waals surface area contributed by atoms with Crippen molar-refractivity contribution < 1.29 is 9.53 Å². The van der Waals surface area contributed by atoms with Crippen LogP contribution in [-0.2, 0) is 9.53 Å². The highest BCUT2D eigenvalue weighted by Gasteiger charge is 2.08. The molecule has 0 spiro atoms. The van der Waals surface area contributed by atoms with E-state index in [4.69, 9.17) is 16.3 Å². The zero-order chi connectivity index (χ0) is 7.98. The summed E-state index contributed by atoms with van der Waals surface area (Å²) < 4.78 is 4.77. The largest absolute Gasteiger partial charge is 0.465 e. The molecule has 0 aliphatic heterocycles. The zero-order valence-electron chi connectivity index (χ0n) is 6.39. The van der Waals surface area contributed by atoms with Crippen molar-refractivity contribution in [3.63, 3.8) is 0 Å². The standard InChI is InChI=1S/C7H13ClO2/c1-3-4-5-10-7(9)6(2)8/h6H,3-5H2,1-2H3/t6-/m1/s1. The number of alkyl halides is 1. The van der Waals surface area contributed by atoms with Crippen LogP contribution in [0.3, 0.4) is 0 Å². The molecule has 10 heavy (non-hydrogen) atoms. The average molecular weight is 165 g/mol. The molecule has 0 radical (unpaired) electrons. The monoisotopic (exact) mass is 164 g/mol. The maximum Gasteiger partial charge on any atom is 0.323 e. The van der Waals surface area contributed by atoms with Crippen LogP contribution in [0.4, 0.5) is 0 Å². The van der Waals surface area contributed by atoms with E-state index < -0.39 is 5.38 Å². The summed E-state index contributed by atoms with van der Waals surface area (Å²) in [6.45, 7) is 4.14. The Morgan fingerprint density at radius 3 is 2.70 bits per heavy atom. The van der Waals surface area contributed by atoms with Crippen molar-refractivity contribution in [3.05, 3.63) is 0 Å². The molecule has 0 aliphatic rings. The second kappa shape index (κ2) is 5.54. The van der Waals surface area contributed by atoms with Gasteiger partial charge >= 0.3 is 5.97 Å². The van der Waals surface area contributed by atoms with E-state index in [1.165, 1.54) is 0 Å². The first-order chi connectivity index (χ1) is 4.68. The summed E-state index contributed by atoms with van der Waals surface area (Å²) in [5, 5.41) is -0.517. The Morgan fingerprint density at radius 2 is 2.30 bits per heavy atom. The fraction of sp³-hybridized carbons (Fsp3) is 0.857. The topological polar surface area (TPSA) is 26.3 Å². The Kier molecular flexibility index (Phi) is 5.40. The van der Waals surface area contributed by atoms with Crippen LogP contribution in [0.15, 0.2) is 0 Å². The van der Waals surface area contributed by atoms with Gasteiger partial charge in [0.25, 0.3) is 0 Å². The highest BCUT2D eigenvalue weighted by molar-refractivity contribution is 6.29. The van der Waals surface area contributed by atoms with E-state index in [0.29, 0.717) is 6.61 Å². The Balaban J connectivity index is 3.22. The first kappa shape index (κ1) is 9.76. The lowest BCUT2D eigenvalue weighted by Gasteiger charge is -2.03. The second-order valence-corrected chi connectivity index (χ2v) is 2.79. The number of carbonyl (C=O) groups excluding carboxylic acids is 1. The van der Waals surface area contributed by atoms with E-state index in [-0.39, 0.29) is 5.97 Å². The van der Waals surface area contributed by atoms with Crippen LogP contribution in [0.2, 0.25) is 0 Å². The van der Waals surface area contributed by atoms with E-state index in [2.05, 4.69) is 0 Å². The van der Waals surface area contributed by atoms with Gasteiger partial charge in [-0.25, -0.2) is 0 Å². The number of unbranched alkanes of at least 4 members (excludes halogenated alkanes) is 1. The smallest absolute Gasteiger partial charge is 0.323 e. The molecule has 0 amide bonds. The van der Waals surface area contributed by atoms with Crippen molar-refractivity contribution >= 4 is 17.6 Å². The van der Waals surface area contributed by atoms with Crippen LogP contribution >= 0.6 is 11.6 Å². The third-order valence-electron chi connectivity index (χ3n) is 1.07. The summed E-state index contributed by atoms with van der Waals surface area (Å²) in [4.78, 5) is 10.7. The predicted octanol–water partition coefficient (Wildman–Crippen LogP) is 1.96. The normalized spacial score (nSPS) is 12.7. The van der Waals surface area contributed by atoms with Crippen LogP contribution in [-0.4, -0.2) is 18.0 Å². The molecule has 3 heteroatoms. The molecule has 0 saturated carbocycles. The minimum absolute atomic E-state index is 0.324. The first-order valence-electron chi connectivity index (χ1n) is 3.49. The number of ether oxygens (including phenoxy) is 1. The van der Waals surface area contributed by atoms with Crippen molar-refractivity contribution in [2.24, 2.45) is 0 Å². The van der Waals surface area contributed by atoms with Crippen LogP contribution < -0.4 is 0 Å². The van der Waals surface area contributed by atoms with E-state index in [1.54, 1.807) is 6.92 Å². The lowest BCUT2D eigenvalue weighted by atomic mass is 10.4. The quantitative estimate of drug-likeness (QED) is 0.361. The molecule has 0 heterocycles. The SMILES string of the molecule is CCCCOC(=O)[C@@H](C)Cl. The third kappa shape index (κ3) is 4.62. The lowest BCUT2D eigenvalue weighted by Crippen LogP contribution is -2.14. The first-order valence-corrected chi connectivity index (χ1v) is 3.92. The van der Waals surface area contributed by atoms with Crippen molar-refractivity contribution in [2.45, 2.75) is 32.1 Å². The second-order valence-electron chi connectivity index (χ2n) is 2.14. The summed E-state index contributed by atoms with van der Waals surface area (Å²) >= 11 is 5.43. The van der Waals surface area contributed by atoms with E-state index >= 15 is 0 Å². The number of hydrogen-bond donors (Lipinski definition) is 0. The van der Waals surface area contributed by atoms with Gasteiger partial charge < -0.3 is 4.74 Å². The molecule has 60 valence electrons. The fourth-order valence-electron chi connectivity index (χ4n) is 0.432.